The first-order valence-electron chi connectivity index (χ1n) is 5.95. The molecule has 9 heteroatoms. The van der Waals surface area contributed by atoms with E-state index in [0.717, 1.165) is 24.3 Å². The van der Waals surface area contributed by atoms with Crippen LogP contribution >= 0.6 is 11.6 Å². The molecule has 0 saturated heterocycles. The Bertz CT molecular complexity index is 696. The van der Waals surface area contributed by atoms with Crippen molar-refractivity contribution in [1.82, 2.24) is 0 Å². The zero-order chi connectivity index (χ0) is 17.3. The van der Waals surface area contributed by atoms with E-state index in [1.54, 1.807) is 0 Å². The molecule has 124 valence electrons. The molecule has 23 heavy (non-hydrogen) atoms. The van der Waals surface area contributed by atoms with Gasteiger partial charge in [-0.1, -0.05) is 23.7 Å². The molecule has 0 atom stereocenters. The van der Waals surface area contributed by atoms with Crippen molar-refractivity contribution in [1.29, 1.82) is 0 Å². The van der Waals surface area contributed by atoms with Gasteiger partial charge in [-0.2, -0.15) is 0 Å². The van der Waals surface area contributed by atoms with Crippen molar-refractivity contribution in [3.8, 4) is 22.6 Å². The zero-order valence-electron chi connectivity index (χ0n) is 11.0. The number of hydrogen-bond donors (Lipinski definition) is 0. The predicted molar refractivity (Wildman–Crippen MR) is 70.3 cm³/mol. The van der Waals surface area contributed by atoms with Crippen LogP contribution in [0.3, 0.4) is 0 Å². The van der Waals surface area contributed by atoms with E-state index in [-0.39, 0.29) is 16.1 Å². The van der Waals surface area contributed by atoms with Gasteiger partial charge in [0.25, 0.3) is 0 Å². The van der Waals surface area contributed by atoms with Gasteiger partial charge in [-0.15, -0.1) is 26.3 Å². The summed E-state index contributed by atoms with van der Waals surface area (Å²) in [7, 11) is 0. The third kappa shape index (κ3) is 5.24. The van der Waals surface area contributed by atoms with E-state index in [0.29, 0.717) is 0 Å². The monoisotopic (exact) mass is 356 g/mol. The molecule has 0 fully saturated rings. The number of halogens is 7. The molecule has 0 heterocycles. The van der Waals surface area contributed by atoms with Crippen molar-refractivity contribution in [2.75, 3.05) is 0 Å². The van der Waals surface area contributed by atoms with Gasteiger partial charge in [-0.3, -0.25) is 0 Å². The number of alkyl halides is 6. The number of hydrogen-bond acceptors (Lipinski definition) is 2. The van der Waals surface area contributed by atoms with Gasteiger partial charge in [0, 0.05) is 5.56 Å². The van der Waals surface area contributed by atoms with Crippen LogP contribution in [0.2, 0.25) is 5.02 Å². The van der Waals surface area contributed by atoms with Gasteiger partial charge in [0.15, 0.2) is 0 Å². The highest BCUT2D eigenvalue weighted by molar-refractivity contribution is 6.33. The molecule has 0 N–H and O–H groups in total. The summed E-state index contributed by atoms with van der Waals surface area (Å²) >= 11 is 5.87. The molecule has 0 radical (unpaired) electrons. The fourth-order valence-electron chi connectivity index (χ4n) is 1.79. The largest absolute Gasteiger partial charge is 0.573 e. The van der Waals surface area contributed by atoms with Crippen molar-refractivity contribution < 1.29 is 35.8 Å². The lowest BCUT2D eigenvalue weighted by Gasteiger charge is -2.12. The molecule has 0 amide bonds. The molecule has 0 spiro atoms. The summed E-state index contributed by atoms with van der Waals surface area (Å²) in [5.41, 5.74) is 0.476. The van der Waals surface area contributed by atoms with E-state index in [2.05, 4.69) is 9.47 Å². The first-order valence-corrected chi connectivity index (χ1v) is 6.33. The highest BCUT2D eigenvalue weighted by Crippen LogP contribution is 2.35. The third-order valence-electron chi connectivity index (χ3n) is 2.55. The van der Waals surface area contributed by atoms with Crippen molar-refractivity contribution in [3.63, 3.8) is 0 Å². The standard InChI is InChI=1S/C14H7ClF6O2/c15-12-7-10(23-14(19,20)21)4-5-11(12)8-2-1-3-9(6-8)22-13(16,17)18/h1-7H. The van der Waals surface area contributed by atoms with Crippen molar-refractivity contribution in [3.05, 3.63) is 47.5 Å². The summed E-state index contributed by atoms with van der Waals surface area (Å²) < 4.78 is 80.4. The van der Waals surface area contributed by atoms with E-state index < -0.39 is 24.2 Å². The van der Waals surface area contributed by atoms with E-state index >= 15 is 0 Å². The number of rotatable bonds is 3. The minimum Gasteiger partial charge on any atom is -0.406 e. The Labute approximate surface area is 131 Å². The van der Waals surface area contributed by atoms with Crippen LogP contribution in [0.4, 0.5) is 26.3 Å². The maximum atomic E-state index is 12.2. The van der Waals surface area contributed by atoms with E-state index in [9.17, 15) is 26.3 Å². The van der Waals surface area contributed by atoms with Gasteiger partial charge >= 0.3 is 12.7 Å². The van der Waals surface area contributed by atoms with Gasteiger partial charge in [-0.25, -0.2) is 0 Å². The molecule has 0 aliphatic heterocycles. The summed E-state index contributed by atoms with van der Waals surface area (Å²) in [4.78, 5) is 0. The van der Waals surface area contributed by atoms with Crippen LogP contribution in [0, 0.1) is 0 Å². The normalized spacial score (nSPS) is 12.1. The molecule has 0 saturated carbocycles. The van der Waals surface area contributed by atoms with Gasteiger partial charge in [0.1, 0.15) is 11.5 Å². The van der Waals surface area contributed by atoms with Gasteiger partial charge in [-0.05, 0) is 35.9 Å². The summed E-state index contributed by atoms with van der Waals surface area (Å²) in [6, 6.07) is 8.02. The second kappa shape index (κ2) is 6.19. The van der Waals surface area contributed by atoms with E-state index in [4.69, 9.17) is 11.6 Å². The molecule has 0 bridgehead atoms. The second-order valence-electron chi connectivity index (χ2n) is 4.27. The lowest BCUT2D eigenvalue weighted by atomic mass is 10.1. The Morgan fingerprint density at radius 2 is 1.30 bits per heavy atom. The summed E-state index contributed by atoms with van der Waals surface area (Å²) in [5, 5.41) is -0.115. The first-order chi connectivity index (χ1) is 10.5. The smallest absolute Gasteiger partial charge is 0.406 e. The van der Waals surface area contributed by atoms with Gasteiger partial charge in [0.2, 0.25) is 0 Å². The lowest BCUT2D eigenvalue weighted by molar-refractivity contribution is -0.275. The van der Waals surface area contributed by atoms with Crippen LogP contribution < -0.4 is 9.47 Å². The quantitative estimate of drug-likeness (QED) is 0.647. The zero-order valence-corrected chi connectivity index (χ0v) is 11.8. The summed E-state index contributed by atoms with van der Waals surface area (Å²) in [5.74, 6) is -1.00. The number of ether oxygens (including phenoxy) is 2. The fraction of sp³-hybridized carbons (Fsp3) is 0.143. The SMILES string of the molecule is FC(F)(F)Oc1cccc(-c2ccc(OC(F)(F)F)cc2Cl)c1. The lowest BCUT2D eigenvalue weighted by Crippen LogP contribution is -2.17. The van der Waals surface area contributed by atoms with Crippen molar-refractivity contribution in [2.24, 2.45) is 0 Å². The molecular weight excluding hydrogens is 350 g/mol. The van der Waals surface area contributed by atoms with Crippen LogP contribution in [-0.4, -0.2) is 12.7 Å². The molecule has 0 aliphatic carbocycles. The molecule has 0 unspecified atom stereocenters. The molecule has 2 nitrogen and oxygen atoms in total. The van der Waals surface area contributed by atoms with Crippen molar-refractivity contribution in [2.45, 2.75) is 12.7 Å². The average molecular weight is 357 g/mol. The fourth-order valence-corrected chi connectivity index (χ4v) is 2.07. The molecule has 2 rings (SSSR count). The van der Waals surface area contributed by atoms with Crippen molar-refractivity contribution >= 4 is 11.6 Å². The van der Waals surface area contributed by atoms with Crippen LogP contribution in [-0.2, 0) is 0 Å². The third-order valence-corrected chi connectivity index (χ3v) is 2.87. The number of benzene rings is 2. The molecule has 2 aromatic carbocycles. The van der Waals surface area contributed by atoms with Crippen LogP contribution in [0.25, 0.3) is 11.1 Å². The highest BCUT2D eigenvalue weighted by atomic mass is 35.5. The van der Waals surface area contributed by atoms with Crippen LogP contribution in [0.15, 0.2) is 42.5 Å². The second-order valence-corrected chi connectivity index (χ2v) is 4.67. The highest BCUT2D eigenvalue weighted by Gasteiger charge is 2.32. The summed E-state index contributed by atoms with van der Waals surface area (Å²) in [6.45, 7) is 0. The minimum atomic E-state index is -4.87. The Morgan fingerprint density at radius 1 is 0.739 bits per heavy atom. The molecular formula is C14H7ClF6O2. The van der Waals surface area contributed by atoms with E-state index in [1.807, 2.05) is 0 Å². The topological polar surface area (TPSA) is 18.5 Å². The summed E-state index contributed by atoms with van der Waals surface area (Å²) in [6.07, 6.45) is -9.72. The van der Waals surface area contributed by atoms with Crippen LogP contribution in [0.1, 0.15) is 0 Å². The Balaban J connectivity index is 2.30. The first kappa shape index (κ1) is 17.3. The predicted octanol–water partition coefficient (Wildman–Crippen LogP) is 5.80. The molecule has 0 aliphatic rings. The Hall–Kier alpha value is -2.09. The minimum absolute atomic E-state index is 0.115. The van der Waals surface area contributed by atoms with Gasteiger partial charge < -0.3 is 9.47 Å². The molecule has 2 aromatic rings. The Kier molecular flexibility index (Phi) is 4.65. The van der Waals surface area contributed by atoms with Crippen LogP contribution in [0.5, 0.6) is 11.5 Å². The maximum absolute atomic E-state index is 12.2. The maximum Gasteiger partial charge on any atom is 0.573 e. The molecule has 0 aromatic heterocycles. The Morgan fingerprint density at radius 3 is 1.83 bits per heavy atom. The average Bonchev–Trinajstić information content (AvgIpc) is 2.35. The van der Waals surface area contributed by atoms with E-state index in [1.165, 1.54) is 18.2 Å². The van der Waals surface area contributed by atoms with Gasteiger partial charge in [0.05, 0.1) is 5.02 Å².